The van der Waals surface area contributed by atoms with Gasteiger partial charge in [0.15, 0.2) is 0 Å². The summed E-state index contributed by atoms with van der Waals surface area (Å²) in [6, 6.07) is 14.7. The lowest BCUT2D eigenvalue weighted by molar-refractivity contribution is 0.317. The molecule has 0 atom stereocenters. The average Bonchev–Trinajstić information content (AvgIpc) is 2.61. The van der Waals surface area contributed by atoms with Crippen LogP contribution in [0.1, 0.15) is 18.9 Å². The molecule has 0 fully saturated rings. The third-order valence-corrected chi connectivity index (χ3v) is 3.73. The highest BCUT2D eigenvalue weighted by Gasteiger charge is 2.03. The van der Waals surface area contributed by atoms with E-state index >= 15 is 0 Å². The van der Waals surface area contributed by atoms with Crippen molar-refractivity contribution in [1.82, 2.24) is 9.66 Å². The van der Waals surface area contributed by atoms with Gasteiger partial charge >= 0.3 is 0 Å². The highest BCUT2D eigenvalue weighted by molar-refractivity contribution is 7.71. The Kier molecular flexibility index (Phi) is 4.86. The Morgan fingerprint density at radius 3 is 2.71 bits per heavy atom. The topological polar surface area (TPSA) is 59.4 Å². The molecule has 0 saturated heterocycles. The van der Waals surface area contributed by atoms with Crippen LogP contribution in [0.25, 0.3) is 10.9 Å². The molecule has 3 aromatic rings. The molecule has 0 amide bonds. The molecule has 1 heterocycles. The number of rotatable bonds is 5. The lowest BCUT2D eigenvalue weighted by atomic mass is 10.2. The fourth-order valence-electron chi connectivity index (χ4n) is 2.25. The summed E-state index contributed by atoms with van der Waals surface area (Å²) in [5.41, 5.74) is 1.32. The van der Waals surface area contributed by atoms with Gasteiger partial charge in [0, 0.05) is 0 Å². The molecule has 1 aromatic heterocycles. The predicted octanol–water partition coefficient (Wildman–Crippen LogP) is 3.73. The van der Waals surface area contributed by atoms with Gasteiger partial charge in [-0.2, -0.15) is 9.78 Å². The van der Waals surface area contributed by atoms with Crippen LogP contribution in [0.5, 0.6) is 5.75 Å². The lowest BCUT2D eigenvalue weighted by Gasteiger charge is -2.04. The van der Waals surface area contributed by atoms with Gasteiger partial charge < -0.3 is 9.72 Å². The van der Waals surface area contributed by atoms with Gasteiger partial charge in [-0.1, -0.05) is 19.1 Å². The second-order valence-corrected chi connectivity index (χ2v) is 5.64. The number of para-hydroxylation sites is 1. The van der Waals surface area contributed by atoms with Crippen LogP contribution in [-0.4, -0.2) is 22.5 Å². The highest BCUT2D eigenvalue weighted by Crippen LogP contribution is 2.11. The molecule has 0 aliphatic heterocycles. The van der Waals surface area contributed by atoms with Crippen molar-refractivity contribution in [2.45, 2.75) is 13.3 Å². The maximum atomic E-state index is 12.5. The minimum Gasteiger partial charge on any atom is -0.494 e. The van der Waals surface area contributed by atoms with Crippen LogP contribution in [0.4, 0.5) is 0 Å². The van der Waals surface area contributed by atoms with E-state index in [0.717, 1.165) is 17.7 Å². The zero-order valence-electron chi connectivity index (χ0n) is 13.2. The van der Waals surface area contributed by atoms with Crippen molar-refractivity contribution in [3.63, 3.8) is 0 Å². The smallest absolute Gasteiger partial charge is 0.282 e. The third kappa shape index (κ3) is 3.44. The van der Waals surface area contributed by atoms with Crippen LogP contribution in [0, 0.1) is 4.77 Å². The molecule has 0 saturated carbocycles. The molecule has 3 rings (SSSR count). The SMILES string of the molecule is CCCOc1ccc(/C=N\n2c(=S)[nH]c3ccccc3c2=O)cc1. The first-order valence-electron chi connectivity index (χ1n) is 7.70. The molecule has 0 bridgehead atoms. The zero-order chi connectivity index (χ0) is 16.9. The zero-order valence-corrected chi connectivity index (χ0v) is 14.0. The van der Waals surface area contributed by atoms with Gasteiger partial charge in [-0.15, -0.1) is 0 Å². The number of hydrogen-bond acceptors (Lipinski definition) is 4. The largest absolute Gasteiger partial charge is 0.494 e. The Bertz CT molecular complexity index is 988. The van der Waals surface area contributed by atoms with E-state index in [1.54, 1.807) is 12.3 Å². The van der Waals surface area contributed by atoms with E-state index in [1.807, 2.05) is 42.5 Å². The summed E-state index contributed by atoms with van der Waals surface area (Å²) >= 11 is 5.22. The van der Waals surface area contributed by atoms with E-state index in [4.69, 9.17) is 17.0 Å². The van der Waals surface area contributed by atoms with Crippen molar-refractivity contribution in [2.75, 3.05) is 6.61 Å². The second-order valence-electron chi connectivity index (χ2n) is 5.25. The maximum Gasteiger partial charge on any atom is 0.282 e. The van der Waals surface area contributed by atoms with Gasteiger partial charge in [0.25, 0.3) is 5.56 Å². The molecule has 6 heteroatoms. The minimum atomic E-state index is -0.242. The predicted molar refractivity (Wildman–Crippen MR) is 98.6 cm³/mol. The number of H-pyrrole nitrogens is 1. The molecule has 0 radical (unpaired) electrons. The number of hydrogen-bond donors (Lipinski definition) is 1. The van der Waals surface area contributed by atoms with Crippen molar-refractivity contribution < 1.29 is 4.74 Å². The summed E-state index contributed by atoms with van der Waals surface area (Å²) in [7, 11) is 0. The van der Waals surface area contributed by atoms with Gasteiger partial charge in [0.2, 0.25) is 4.77 Å². The monoisotopic (exact) mass is 339 g/mol. The number of nitrogens with zero attached hydrogens (tertiary/aromatic N) is 2. The van der Waals surface area contributed by atoms with Gasteiger partial charge in [-0.25, -0.2) is 0 Å². The number of nitrogens with one attached hydrogen (secondary N) is 1. The number of aromatic amines is 1. The van der Waals surface area contributed by atoms with E-state index in [2.05, 4.69) is 17.0 Å². The first-order chi connectivity index (χ1) is 11.7. The van der Waals surface area contributed by atoms with Crippen LogP contribution < -0.4 is 10.3 Å². The van der Waals surface area contributed by atoms with E-state index in [0.29, 0.717) is 17.5 Å². The Morgan fingerprint density at radius 2 is 1.96 bits per heavy atom. The van der Waals surface area contributed by atoms with Crippen LogP contribution in [0.2, 0.25) is 0 Å². The molecule has 0 unspecified atom stereocenters. The van der Waals surface area contributed by atoms with Crippen LogP contribution in [-0.2, 0) is 0 Å². The lowest BCUT2D eigenvalue weighted by Crippen LogP contribution is -2.18. The van der Waals surface area contributed by atoms with Gasteiger partial charge in [0.05, 0.1) is 23.7 Å². The van der Waals surface area contributed by atoms with Gasteiger partial charge in [-0.3, -0.25) is 4.79 Å². The first-order valence-corrected chi connectivity index (χ1v) is 8.11. The molecular formula is C18H17N3O2S. The summed E-state index contributed by atoms with van der Waals surface area (Å²) in [5.74, 6) is 0.814. The molecule has 0 aliphatic carbocycles. The van der Waals surface area contributed by atoms with E-state index in [-0.39, 0.29) is 10.3 Å². The van der Waals surface area contributed by atoms with Gasteiger partial charge in [-0.05, 0) is 60.6 Å². The van der Waals surface area contributed by atoms with Crippen LogP contribution in [0.15, 0.2) is 58.4 Å². The van der Waals surface area contributed by atoms with Crippen molar-refractivity contribution in [3.05, 3.63) is 69.2 Å². The quantitative estimate of drug-likeness (QED) is 0.569. The Hall–Kier alpha value is -2.73. The molecule has 122 valence electrons. The molecule has 24 heavy (non-hydrogen) atoms. The summed E-state index contributed by atoms with van der Waals surface area (Å²) < 4.78 is 6.99. The number of ether oxygens (including phenoxy) is 1. The van der Waals surface area contributed by atoms with Crippen molar-refractivity contribution in [1.29, 1.82) is 0 Å². The van der Waals surface area contributed by atoms with Crippen molar-refractivity contribution >= 4 is 29.3 Å². The fraction of sp³-hybridized carbons (Fsp3) is 0.167. The van der Waals surface area contributed by atoms with E-state index in [9.17, 15) is 4.79 Å². The normalized spacial score (nSPS) is 11.2. The van der Waals surface area contributed by atoms with Crippen molar-refractivity contribution in [2.24, 2.45) is 5.10 Å². The molecule has 0 aliphatic rings. The van der Waals surface area contributed by atoms with E-state index < -0.39 is 0 Å². The number of aromatic nitrogens is 2. The fourth-order valence-corrected chi connectivity index (χ4v) is 2.49. The van der Waals surface area contributed by atoms with Crippen molar-refractivity contribution in [3.8, 4) is 5.75 Å². The maximum absolute atomic E-state index is 12.5. The summed E-state index contributed by atoms with van der Waals surface area (Å²) in [6.45, 7) is 2.75. The Balaban J connectivity index is 1.90. The third-order valence-electron chi connectivity index (χ3n) is 3.46. The number of benzene rings is 2. The van der Waals surface area contributed by atoms with Gasteiger partial charge in [0.1, 0.15) is 5.75 Å². The van der Waals surface area contributed by atoms with E-state index in [1.165, 1.54) is 4.68 Å². The van der Waals surface area contributed by atoms with Crippen LogP contribution in [0.3, 0.4) is 0 Å². The van der Waals surface area contributed by atoms with Crippen LogP contribution >= 0.6 is 12.2 Å². The Morgan fingerprint density at radius 1 is 1.21 bits per heavy atom. The summed E-state index contributed by atoms with van der Waals surface area (Å²) in [6.07, 6.45) is 2.57. The second kappa shape index (κ2) is 7.23. The highest BCUT2D eigenvalue weighted by atomic mass is 32.1. The minimum absolute atomic E-state index is 0.242. The number of fused-ring (bicyclic) bond motifs is 1. The summed E-state index contributed by atoms with van der Waals surface area (Å²) in [4.78, 5) is 15.5. The molecular weight excluding hydrogens is 322 g/mol. The summed E-state index contributed by atoms with van der Waals surface area (Å²) in [5, 5.41) is 4.77. The molecule has 5 nitrogen and oxygen atoms in total. The average molecular weight is 339 g/mol. The molecule has 2 aromatic carbocycles. The first kappa shape index (κ1) is 16.1. The Labute approximate surface area is 144 Å². The standard InChI is InChI=1S/C18H17N3O2S/c1-2-11-23-14-9-7-13(8-10-14)12-19-21-17(22)15-5-3-4-6-16(15)20-18(21)24/h3-10,12H,2,11H2,1H3,(H,20,24)/b19-12-. The molecule has 1 N–H and O–H groups in total. The molecule has 0 spiro atoms.